The first-order valence-electron chi connectivity index (χ1n) is 11.6. The summed E-state index contributed by atoms with van der Waals surface area (Å²) >= 11 is 7.71. The molecule has 1 atom stereocenters. The van der Waals surface area contributed by atoms with Gasteiger partial charge in [0.15, 0.2) is 16.3 Å². The van der Waals surface area contributed by atoms with E-state index >= 15 is 0 Å². The van der Waals surface area contributed by atoms with Crippen molar-refractivity contribution in [2.24, 2.45) is 4.99 Å². The van der Waals surface area contributed by atoms with Crippen LogP contribution < -0.4 is 24.4 Å². The standard InChI is InChI=1S/C27H25ClN2O6S/c1-5-34-20-12-11-17(13-21(20)36-16(4)31)14-22-25(32)30-24(18-9-7-8-10-19(18)28)23(26(33)35-6-2)15(3)29-27(30)37-22/h7-14,24H,5-6H2,1-4H3/b22-14+/t24-/m1/s1. The van der Waals surface area contributed by atoms with Crippen LogP contribution in [0.15, 0.2) is 63.5 Å². The van der Waals surface area contributed by atoms with Crippen LogP contribution in [0, 0.1) is 0 Å². The van der Waals surface area contributed by atoms with E-state index in [1.807, 2.05) is 6.92 Å². The van der Waals surface area contributed by atoms with Crippen LogP contribution in [0.2, 0.25) is 5.02 Å². The van der Waals surface area contributed by atoms with Crippen LogP contribution in [0.5, 0.6) is 11.5 Å². The summed E-state index contributed by atoms with van der Waals surface area (Å²) in [6.45, 7) is 7.14. The van der Waals surface area contributed by atoms with Crippen LogP contribution in [0.25, 0.3) is 6.08 Å². The van der Waals surface area contributed by atoms with Gasteiger partial charge in [-0.25, -0.2) is 9.79 Å². The number of aromatic nitrogens is 1. The van der Waals surface area contributed by atoms with Gasteiger partial charge in [-0.2, -0.15) is 0 Å². The van der Waals surface area contributed by atoms with Gasteiger partial charge in [0.2, 0.25) is 0 Å². The number of nitrogens with zero attached hydrogens (tertiary/aromatic N) is 2. The normalized spacial score (nSPS) is 15.2. The van der Waals surface area contributed by atoms with Gasteiger partial charge in [0, 0.05) is 11.9 Å². The van der Waals surface area contributed by atoms with Gasteiger partial charge in [-0.3, -0.25) is 14.2 Å². The Labute approximate surface area is 222 Å². The van der Waals surface area contributed by atoms with Crippen molar-refractivity contribution >= 4 is 41.0 Å². The molecule has 0 saturated heterocycles. The van der Waals surface area contributed by atoms with E-state index in [1.54, 1.807) is 62.4 Å². The molecule has 2 aromatic carbocycles. The van der Waals surface area contributed by atoms with Gasteiger partial charge in [0.25, 0.3) is 5.56 Å². The maximum atomic E-state index is 13.7. The first kappa shape index (κ1) is 26.4. The fourth-order valence-electron chi connectivity index (χ4n) is 4.06. The van der Waals surface area contributed by atoms with E-state index in [4.69, 9.17) is 25.8 Å². The number of esters is 2. The number of allylic oxidation sites excluding steroid dienone is 1. The number of halogens is 1. The summed E-state index contributed by atoms with van der Waals surface area (Å²) in [4.78, 5) is 43.3. The van der Waals surface area contributed by atoms with Gasteiger partial charge >= 0.3 is 11.9 Å². The van der Waals surface area contributed by atoms with E-state index in [2.05, 4.69) is 4.99 Å². The van der Waals surface area contributed by atoms with Gasteiger partial charge in [-0.05, 0) is 56.2 Å². The molecule has 0 saturated carbocycles. The molecule has 2 heterocycles. The van der Waals surface area contributed by atoms with Crippen LogP contribution in [0.1, 0.15) is 44.9 Å². The molecule has 8 nitrogen and oxygen atoms in total. The van der Waals surface area contributed by atoms with Crippen molar-refractivity contribution in [2.75, 3.05) is 13.2 Å². The molecule has 0 bridgehead atoms. The van der Waals surface area contributed by atoms with Crippen LogP contribution in [0.3, 0.4) is 0 Å². The lowest BCUT2D eigenvalue weighted by molar-refractivity contribution is -0.139. The minimum atomic E-state index is -0.803. The summed E-state index contributed by atoms with van der Waals surface area (Å²) in [6, 6.07) is 11.3. The smallest absolute Gasteiger partial charge is 0.338 e. The van der Waals surface area contributed by atoms with E-state index in [1.165, 1.54) is 22.8 Å². The minimum absolute atomic E-state index is 0.178. The monoisotopic (exact) mass is 540 g/mol. The van der Waals surface area contributed by atoms with Crippen molar-refractivity contribution in [3.63, 3.8) is 0 Å². The minimum Gasteiger partial charge on any atom is -0.490 e. The zero-order valence-corrected chi connectivity index (χ0v) is 22.3. The van der Waals surface area contributed by atoms with Gasteiger partial charge < -0.3 is 14.2 Å². The van der Waals surface area contributed by atoms with Crippen molar-refractivity contribution < 1.29 is 23.8 Å². The highest BCUT2D eigenvalue weighted by atomic mass is 35.5. The maximum absolute atomic E-state index is 13.7. The summed E-state index contributed by atoms with van der Waals surface area (Å²) in [6.07, 6.45) is 1.68. The molecule has 0 unspecified atom stereocenters. The number of thiazole rings is 1. The molecule has 3 aromatic rings. The number of carbonyl (C=O) groups excluding carboxylic acids is 2. The van der Waals surface area contributed by atoms with Crippen LogP contribution in [-0.4, -0.2) is 29.7 Å². The highest BCUT2D eigenvalue weighted by Crippen LogP contribution is 2.34. The third-order valence-electron chi connectivity index (χ3n) is 5.54. The fraction of sp³-hybridized carbons (Fsp3) is 0.259. The highest BCUT2D eigenvalue weighted by molar-refractivity contribution is 7.07. The summed E-state index contributed by atoms with van der Waals surface area (Å²) in [5.41, 5.74) is 1.58. The lowest BCUT2D eigenvalue weighted by atomic mass is 9.96. The average molecular weight is 541 g/mol. The Bertz CT molecular complexity index is 1590. The molecular weight excluding hydrogens is 516 g/mol. The molecule has 10 heteroatoms. The molecule has 0 radical (unpaired) electrons. The van der Waals surface area contributed by atoms with Gasteiger partial charge in [0.05, 0.1) is 29.0 Å². The molecule has 37 heavy (non-hydrogen) atoms. The lowest BCUT2D eigenvalue weighted by Gasteiger charge is -2.25. The van der Waals surface area contributed by atoms with Gasteiger partial charge in [-0.1, -0.05) is 47.2 Å². The average Bonchev–Trinajstić information content (AvgIpc) is 3.14. The predicted octanol–water partition coefficient (Wildman–Crippen LogP) is 3.78. The van der Waals surface area contributed by atoms with E-state index in [9.17, 15) is 14.4 Å². The number of benzene rings is 2. The Morgan fingerprint density at radius 2 is 1.89 bits per heavy atom. The van der Waals surface area contributed by atoms with E-state index < -0.39 is 18.0 Å². The Hall–Kier alpha value is -3.69. The highest BCUT2D eigenvalue weighted by Gasteiger charge is 2.34. The third-order valence-corrected chi connectivity index (χ3v) is 6.86. The zero-order chi connectivity index (χ0) is 26.7. The number of rotatable bonds is 7. The predicted molar refractivity (Wildman–Crippen MR) is 141 cm³/mol. The Morgan fingerprint density at radius 1 is 1.14 bits per heavy atom. The van der Waals surface area contributed by atoms with Gasteiger partial charge in [-0.15, -0.1) is 0 Å². The Kier molecular flexibility index (Phi) is 7.94. The van der Waals surface area contributed by atoms with Crippen molar-refractivity contribution in [3.8, 4) is 11.5 Å². The number of carbonyl (C=O) groups is 2. The van der Waals surface area contributed by atoms with Crippen molar-refractivity contribution in [2.45, 2.75) is 33.7 Å². The lowest BCUT2D eigenvalue weighted by Crippen LogP contribution is -2.40. The Balaban J connectivity index is 1.91. The first-order valence-corrected chi connectivity index (χ1v) is 12.8. The third kappa shape index (κ3) is 5.38. The zero-order valence-electron chi connectivity index (χ0n) is 20.7. The number of hydrogen-bond acceptors (Lipinski definition) is 8. The quantitative estimate of drug-likeness (QED) is 0.334. The molecule has 1 aliphatic heterocycles. The molecule has 0 amide bonds. The summed E-state index contributed by atoms with van der Waals surface area (Å²) in [5, 5.41) is 0.413. The van der Waals surface area contributed by atoms with Crippen LogP contribution >= 0.6 is 22.9 Å². The summed E-state index contributed by atoms with van der Waals surface area (Å²) < 4.78 is 18.0. The maximum Gasteiger partial charge on any atom is 0.338 e. The molecule has 0 spiro atoms. The van der Waals surface area contributed by atoms with Gasteiger partial charge in [0.1, 0.15) is 6.04 Å². The fourth-order valence-corrected chi connectivity index (χ4v) is 5.34. The molecule has 1 aromatic heterocycles. The molecule has 0 aliphatic carbocycles. The summed E-state index contributed by atoms with van der Waals surface area (Å²) in [7, 11) is 0. The number of fused-ring (bicyclic) bond motifs is 1. The van der Waals surface area contributed by atoms with Crippen molar-refractivity contribution in [1.82, 2.24) is 4.57 Å². The molecule has 0 N–H and O–H groups in total. The Morgan fingerprint density at radius 3 is 2.57 bits per heavy atom. The van der Waals surface area contributed by atoms with Crippen LogP contribution in [-0.2, 0) is 14.3 Å². The first-order chi connectivity index (χ1) is 17.7. The second-order valence-electron chi connectivity index (χ2n) is 8.06. The second kappa shape index (κ2) is 11.1. The van der Waals surface area contributed by atoms with Crippen molar-refractivity contribution in [1.29, 1.82) is 0 Å². The molecule has 0 fully saturated rings. The summed E-state index contributed by atoms with van der Waals surface area (Å²) in [5.74, 6) is -0.366. The van der Waals surface area contributed by atoms with E-state index in [0.29, 0.717) is 43.5 Å². The topological polar surface area (TPSA) is 96.2 Å². The molecule has 4 rings (SSSR count). The number of ether oxygens (including phenoxy) is 3. The molecular formula is C27H25ClN2O6S. The number of hydrogen-bond donors (Lipinski definition) is 0. The second-order valence-corrected chi connectivity index (χ2v) is 9.47. The largest absolute Gasteiger partial charge is 0.490 e. The van der Waals surface area contributed by atoms with E-state index in [0.717, 1.165) is 0 Å². The molecule has 1 aliphatic rings. The van der Waals surface area contributed by atoms with Crippen molar-refractivity contribution in [3.05, 3.63) is 89.6 Å². The van der Waals surface area contributed by atoms with E-state index in [-0.39, 0.29) is 23.5 Å². The SMILES string of the molecule is CCOC(=O)C1=C(C)N=c2s/c(=C/c3ccc(OCC)c(OC(C)=O)c3)c(=O)n2[C@@H]1c1ccccc1Cl. The molecule has 192 valence electrons. The van der Waals surface area contributed by atoms with Crippen LogP contribution in [0.4, 0.5) is 0 Å².